The Kier molecular flexibility index (Phi) is 4.74. The molecule has 3 amide bonds. The van der Waals surface area contributed by atoms with Crippen molar-refractivity contribution < 1.29 is 9.59 Å². The first-order valence-corrected chi connectivity index (χ1v) is 9.04. The van der Waals surface area contributed by atoms with Gasteiger partial charge in [-0.3, -0.25) is 9.89 Å². The fourth-order valence-corrected chi connectivity index (χ4v) is 3.36. The van der Waals surface area contributed by atoms with Crippen LogP contribution in [0.5, 0.6) is 0 Å². The standard InChI is InChI=1S/C20H21N5O2/c26-19(22-17-8-9-18-15(11-17)12-21-24-18)14-5-4-10-25(13-14)20(27)23-16-6-2-1-3-7-16/h1-3,6-9,11-12,14H,4-5,10,13H2,(H,21,24)(H,22,26)(H,23,27)/t14-/m0/s1. The fourth-order valence-electron chi connectivity index (χ4n) is 3.36. The number of fused-ring (bicyclic) bond motifs is 1. The highest BCUT2D eigenvalue weighted by Gasteiger charge is 2.28. The quantitative estimate of drug-likeness (QED) is 0.666. The van der Waals surface area contributed by atoms with E-state index < -0.39 is 0 Å². The Morgan fingerprint density at radius 2 is 1.93 bits per heavy atom. The van der Waals surface area contributed by atoms with Gasteiger partial charge in [0, 0.05) is 29.9 Å². The van der Waals surface area contributed by atoms with Gasteiger partial charge in [0.1, 0.15) is 0 Å². The van der Waals surface area contributed by atoms with Crippen LogP contribution in [-0.2, 0) is 4.79 Å². The lowest BCUT2D eigenvalue weighted by Gasteiger charge is -2.32. The first-order chi connectivity index (χ1) is 13.2. The zero-order valence-electron chi connectivity index (χ0n) is 14.8. The highest BCUT2D eigenvalue weighted by atomic mass is 16.2. The van der Waals surface area contributed by atoms with Crippen LogP contribution in [0.25, 0.3) is 10.9 Å². The number of hydrogen-bond donors (Lipinski definition) is 3. The van der Waals surface area contributed by atoms with Crippen molar-refractivity contribution in [1.82, 2.24) is 15.1 Å². The fraction of sp³-hybridized carbons (Fsp3) is 0.250. The van der Waals surface area contributed by atoms with Gasteiger partial charge in [-0.1, -0.05) is 18.2 Å². The molecule has 7 nitrogen and oxygen atoms in total. The molecule has 0 radical (unpaired) electrons. The predicted octanol–water partition coefficient (Wildman–Crippen LogP) is 3.45. The maximum atomic E-state index is 12.7. The first-order valence-electron chi connectivity index (χ1n) is 9.04. The maximum Gasteiger partial charge on any atom is 0.321 e. The van der Waals surface area contributed by atoms with E-state index in [9.17, 15) is 9.59 Å². The summed E-state index contributed by atoms with van der Waals surface area (Å²) in [6.07, 6.45) is 3.30. The van der Waals surface area contributed by atoms with Crippen molar-refractivity contribution in [3.63, 3.8) is 0 Å². The lowest BCUT2D eigenvalue weighted by atomic mass is 9.97. The molecule has 0 bridgehead atoms. The number of H-pyrrole nitrogens is 1. The van der Waals surface area contributed by atoms with E-state index >= 15 is 0 Å². The van der Waals surface area contributed by atoms with Crippen LogP contribution in [0.3, 0.4) is 0 Å². The minimum absolute atomic E-state index is 0.0601. The van der Waals surface area contributed by atoms with Gasteiger partial charge in [-0.15, -0.1) is 0 Å². The highest BCUT2D eigenvalue weighted by Crippen LogP contribution is 2.21. The lowest BCUT2D eigenvalue weighted by Crippen LogP contribution is -2.45. The SMILES string of the molecule is O=C(Nc1ccc2[nH]ncc2c1)[C@H]1CCCN(C(=O)Nc2ccccc2)C1. The molecule has 0 unspecified atom stereocenters. The molecule has 0 saturated carbocycles. The normalized spacial score (nSPS) is 16.9. The first kappa shape index (κ1) is 17.1. The summed E-state index contributed by atoms with van der Waals surface area (Å²) >= 11 is 0. The minimum Gasteiger partial charge on any atom is -0.326 e. The second kappa shape index (κ2) is 7.49. The number of aromatic amines is 1. The third-order valence-corrected chi connectivity index (χ3v) is 4.81. The van der Waals surface area contributed by atoms with Gasteiger partial charge in [-0.05, 0) is 43.2 Å². The second-order valence-electron chi connectivity index (χ2n) is 6.74. The van der Waals surface area contributed by atoms with Crippen LogP contribution < -0.4 is 10.6 Å². The summed E-state index contributed by atoms with van der Waals surface area (Å²) in [5.41, 5.74) is 2.41. The van der Waals surface area contributed by atoms with Crippen molar-refractivity contribution in [3.05, 3.63) is 54.7 Å². The van der Waals surface area contributed by atoms with E-state index in [1.165, 1.54) is 0 Å². The molecule has 1 saturated heterocycles. The van der Waals surface area contributed by atoms with Crippen LogP contribution in [0.4, 0.5) is 16.2 Å². The Bertz CT molecular complexity index is 953. The molecule has 138 valence electrons. The van der Waals surface area contributed by atoms with Crippen molar-refractivity contribution in [2.45, 2.75) is 12.8 Å². The van der Waals surface area contributed by atoms with Crippen LogP contribution in [0.1, 0.15) is 12.8 Å². The maximum absolute atomic E-state index is 12.7. The number of likely N-dealkylation sites (tertiary alicyclic amines) is 1. The van der Waals surface area contributed by atoms with Crippen molar-refractivity contribution >= 4 is 34.2 Å². The Hall–Kier alpha value is -3.35. The highest BCUT2D eigenvalue weighted by molar-refractivity contribution is 5.96. The monoisotopic (exact) mass is 363 g/mol. The van der Waals surface area contributed by atoms with Gasteiger partial charge in [0.25, 0.3) is 0 Å². The molecule has 0 aliphatic carbocycles. The number of nitrogens with zero attached hydrogens (tertiary/aromatic N) is 2. The summed E-state index contributed by atoms with van der Waals surface area (Å²) in [5.74, 6) is -0.282. The molecule has 2 heterocycles. The second-order valence-corrected chi connectivity index (χ2v) is 6.74. The van der Waals surface area contributed by atoms with E-state index in [0.717, 1.165) is 35.1 Å². The van der Waals surface area contributed by atoms with E-state index in [1.54, 1.807) is 11.1 Å². The predicted molar refractivity (Wildman–Crippen MR) is 104 cm³/mol. The van der Waals surface area contributed by atoms with Gasteiger partial charge in [0.15, 0.2) is 0 Å². The van der Waals surface area contributed by atoms with E-state index in [4.69, 9.17) is 0 Å². The molecule has 1 aliphatic rings. The number of rotatable bonds is 3. The summed E-state index contributed by atoms with van der Waals surface area (Å²) in [6.45, 7) is 1.07. The molecule has 4 rings (SSSR count). The Labute approximate surface area is 156 Å². The van der Waals surface area contributed by atoms with Gasteiger partial charge in [0.05, 0.1) is 17.6 Å². The summed E-state index contributed by atoms with van der Waals surface area (Å²) in [4.78, 5) is 26.9. The number of hydrogen-bond acceptors (Lipinski definition) is 3. The van der Waals surface area contributed by atoms with Crippen LogP contribution in [-0.4, -0.2) is 40.1 Å². The number of nitrogens with one attached hydrogen (secondary N) is 3. The van der Waals surface area contributed by atoms with E-state index in [0.29, 0.717) is 13.1 Å². The number of benzene rings is 2. The summed E-state index contributed by atoms with van der Waals surface area (Å²) in [6, 6.07) is 14.8. The summed E-state index contributed by atoms with van der Waals surface area (Å²) in [5, 5.41) is 13.7. The van der Waals surface area contributed by atoms with E-state index in [2.05, 4.69) is 20.8 Å². The van der Waals surface area contributed by atoms with Crippen molar-refractivity contribution in [2.75, 3.05) is 23.7 Å². The third-order valence-electron chi connectivity index (χ3n) is 4.81. The molecule has 2 aromatic carbocycles. The van der Waals surface area contributed by atoms with Crippen LogP contribution >= 0.6 is 0 Å². The average molecular weight is 363 g/mol. The zero-order valence-corrected chi connectivity index (χ0v) is 14.8. The Balaban J connectivity index is 1.38. The Morgan fingerprint density at radius 1 is 1.07 bits per heavy atom. The van der Waals surface area contributed by atoms with Gasteiger partial charge < -0.3 is 15.5 Å². The minimum atomic E-state index is -0.222. The molecular formula is C20H21N5O2. The largest absolute Gasteiger partial charge is 0.326 e. The topological polar surface area (TPSA) is 90.1 Å². The molecule has 0 spiro atoms. The van der Waals surface area contributed by atoms with E-state index in [1.807, 2.05) is 48.5 Å². The van der Waals surface area contributed by atoms with Crippen LogP contribution in [0.15, 0.2) is 54.7 Å². The molecule has 1 aliphatic heterocycles. The lowest BCUT2D eigenvalue weighted by molar-refractivity contribution is -0.121. The van der Waals surface area contributed by atoms with Crippen molar-refractivity contribution in [3.8, 4) is 0 Å². The number of para-hydroxylation sites is 1. The number of carbonyl (C=O) groups excluding carboxylic acids is 2. The number of anilines is 2. The smallest absolute Gasteiger partial charge is 0.321 e. The average Bonchev–Trinajstić information content (AvgIpc) is 3.16. The summed E-state index contributed by atoms with van der Waals surface area (Å²) < 4.78 is 0. The van der Waals surface area contributed by atoms with Crippen molar-refractivity contribution in [1.29, 1.82) is 0 Å². The van der Waals surface area contributed by atoms with Crippen LogP contribution in [0.2, 0.25) is 0 Å². The number of carbonyl (C=O) groups is 2. The molecule has 1 atom stereocenters. The van der Waals surface area contributed by atoms with Gasteiger partial charge >= 0.3 is 6.03 Å². The molecule has 1 fully saturated rings. The molecule has 27 heavy (non-hydrogen) atoms. The third kappa shape index (κ3) is 3.92. The molecular weight excluding hydrogens is 342 g/mol. The van der Waals surface area contributed by atoms with E-state index in [-0.39, 0.29) is 17.9 Å². The molecule has 1 aromatic heterocycles. The Morgan fingerprint density at radius 3 is 2.78 bits per heavy atom. The van der Waals surface area contributed by atoms with Crippen molar-refractivity contribution in [2.24, 2.45) is 5.92 Å². The molecule has 7 heteroatoms. The zero-order chi connectivity index (χ0) is 18.6. The van der Waals surface area contributed by atoms with Crippen LogP contribution in [0, 0.1) is 5.92 Å². The number of urea groups is 1. The van der Waals surface area contributed by atoms with Gasteiger partial charge in [-0.2, -0.15) is 5.10 Å². The molecule has 3 N–H and O–H groups in total. The number of amides is 3. The van der Waals surface area contributed by atoms with Gasteiger partial charge in [-0.25, -0.2) is 4.79 Å². The number of aromatic nitrogens is 2. The summed E-state index contributed by atoms with van der Waals surface area (Å²) in [7, 11) is 0. The molecule has 3 aromatic rings. The van der Waals surface area contributed by atoms with Gasteiger partial charge in [0.2, 0.25) is 5.91 Å². The number of piperidine rings is 1.